The van der Waals surface area contributed by atoms with Crippen LogP contribution in [0.3, 0.4) is 0 Å². The minimum atomic E-state index is -4.38. The molecule has 0 heterocycles. The highest BCUT2D eigenvalue weighted by molar-refractivity contribution is 5.65. The molecule has 4 heteroatoms. The van der Waals surface area contributed by atoms with Gasteiger partial charge in [-0.3, -0.25) is 0 Å². The maximum absolute atomic E-state index is 15.0. The quantitative estimate of drug-likeness (QED) is 0.285. The smallest absolute Gasteiger partial charge is 0.206 e. The lowest BCUT2D eigenvalue weighted by Gasteiger charge is -2.42. The summed E-state index contributed by atoms with van der Waals surface area (Å²) in [7, 11) is 0. The first-order valence-electron chi connectivity index (χ1n) is 12.8. The van der Waals surface area contributed by atoms with Gasteiger partial charge < -0.3 is 0 Å². The van der Waals surface area contributed by atoms with Crippen LogP contribution < -0.4 is 0 Å². The second-order valence-electron chi connectivity index (χ2n) is 10.4. The zero-order valence-corrected chi connectivity index (χ0v) is 19.6. The fourth-order valence-corrected chi connectivity index (χ4v) is 6.27. The van der Waals surface area contributed by atoms with Crippen molar-refractivity contribution in [2.24, 2.45) is 17.8 Å². The molecule has 33 heavy (non-hydrogen) atoms. The van der Waals surface area contributed by atoms with Crippen LogP contribution >= 0.6 is 0 Å². The van der Waals surface area contributed by atoms with Crippen molar-refractivity contribution in [2.45, 2.75) is 89.6 Å². The number of rotatable bonds is 7. The van der Waals surface area contributed by atoms with Crippen molar-refractivity contribution in [1.29, 1.82) is 0 Å². The zero-order chi connectivity index (χ0) is 23.4. The summed E-state index contributed by atoms with van der Waals surface area (Å²) in [5, 5.41) is 0. The van der Waals surface area contributed by atoms with Crippen LogP contribution in [0, 0.1) is 23.6 Å². The molecule has 0 amide bonds. The normalized spacial score (nSPS) is 25.6. The summed E-state index contributed by atoms with van der Waals surface area (Å²) in [4.78, 5) is 0. The predicted molar refractivity (Wildman–Crippen MR) is 127 cm³/mol. The molecule has 0 spiro atoms. The first kappa shape index (κ1) is 24.3. The fraction of sp³-hybridized carbons (Fsp3) is 0.586. The van der Waals surface area contributed by atoms with Gasteiger partial charge >= 0.3 is 6.18 Å². The molecule has 2 saturated carbocycles. The van der Waals surface area contributed by atoms with E-state index in [0.29, 0.717) is 17.0 Å². The van der Waals surface area contributed by atoms with Gasteiger partial charge in [-0.25, -0.2) is 4.39 Å². The molecule has 0 N–H and O–H groups in total. The average Bonchev–Trinajstić information content (AvgIpc) is 2.81. The molecule has 2 fully saturated rings. The molecule has 0 nitrogen and oxygen atoms in total. The summed E-state index contributed by atoms with van der Waals surface area (Å²) in [6, 6.07) is 10.1. The minimum absolute atomic E-state index is 0.342. The minimum Gasteiger partial charge on any atom is -0.206 e. The van der Waals surface area contributed by atoms with Gasteiger partial charge in [-0.05, 0) is 85.1 Å². The lowest BCUT2D eigenvalue weighted by molar-refractivity contribution is -0.137. The van der Waals surface area contributed by atoms with E-state index in [1.165, 1.54) is 69.9 Å². The molecule has 2 aliphatic rings. The van der Waals surface area contributed by atoms with Crippen molar-refractivity contribution >= 4 is 0 Å². The highest BCUT2D eigenvalue weighted by Gasteiger charge is 2.36. The van der Waals surface area contributed by atoms with Crippen LogP contribution in [0.25, 0.3) is 11.1 Å². The molecular formula is C29H36F4. The van der Waals surface area contributed by atoms with Gasteiger partial charge in [0.05, 0.1) is 5.56 Å². The van der Waals surface area contributed by atoms with Crippen LogP contribution in [0.1, 0.15) is 94.6 Å². The highest BCUT2D eigenvalue weighted by atomic mass is 19.4. The molecule has 4 rings (SSSR count). The Morgan fingerprint density at radius 2 is 1.55 bits per heavy atom. The number of hydrogen-bond donors (Lipinski definition) is 0. The van der Waals surface area contributed by atoms with Crippen LogP contribution in [-0.2, 0) is 6.18 Å². The Kier molecular flexibility index (Phi) is 7.81. The Balaban J connectivity index is 1.36. The van der Waals surface area contributed by atoms with Gasteiger partial charge in [0.25, 0.3) is 0 Å². The van der Waals surface area contributed by atoms with Crippen molar-refractivity contribution < 1.29 is 17.6 Å². The topological polar surface area (TPSA) is 0 Å². The lowest BCUT2D eigenvalue weighted by atomic mass is 9.63. The van der Waals surface area contributed by atoms with E-state index in [1.807, 2.05) is 6.07 Å². The molecule has 0 bridgehead atoms. The van der Waals surface area contributed by atoms with Crippen molar-refractivity contribution in [3.63, 3.8) is 0 Å². The van der Waals surface area contributed by atoms with E-state index >= 15 is 0 Å². The van der Waals surface area contributed by atoms with Gasteiger partial charge in [0, 0.05) is 5.56 Å². The Labute approximate surface area is 195 Å². The molecule has 0 aromatic heterocycles. The van der Waals surface area contributed by atoms with E-state index < -0.39 is 11.7 Å². The van der Waals surface area contributed by atoms with Gasteiger partial charge in [-0.15, -0.1) is 0 Å². The molecule has 2 aliphatic carbocycles. The van der Waals surface area contributed by atoms with Gasteiger partial charge in [-0.2, -0.15) is 13.2 Å². The standard InChI is InChI=1S/C29H36F4/c1-2-3-4-5-6-20-7-8-23-18-24(10-9-22(23)17-20)25-13-16-27(28(30)19-25)21-11-14-26(15-12-21)29(31,32)33/h11-16,19-20,22-24H,2-10,17-18H2,1H3. The molecule has 0 saturated heterocycles. The third-order valence-electron chi connectivity index (χ3n) is 8.18. The summed E-state index contributed by atoms with van der Waals surface area (Å²) >= 11 is 0. The van der Waals surface area contributed by atoms with Crippen LogP contribution in [0.15, 0.2) is 42.5 Å². The number of benzene rings is 2. The summed E-state index contributed by atoms with van der Waals surface area (Å²) < 4.78 is 53.4. The largest absolute Gasteiger partial charge is 0.416 e. The van der Waals surface area contributed by atoms with E-state index in [4.69, 9.17) is 0 Å². The van der Waals surface area contributed by atoms with E-state index in [9.17, 15) is 17.6 Å². The number of fused-ring (bicyclic) bond motifs is 1. The van der Waals surface area contributed by atoms with Crippen molar-refractivity contribution in [1.82, 2.24) is 0 Å². The van der Waals surface area contributed by atoms with Crippen molar-refractivity contribution in [3.8, 4) is 11.1 Å². The van der Waals surface area contributed by atoms with E-state index in [2.05, 4.69) is 6.92 Å². The molecule has 4 unspecified atom stereocenters. The van der Waals surface area contributed by atoms with E-state index in [1.54, 1.807) is 12.1 Å². The second-order valence-corrected chi connectivity index (χ2v) is 10.4. The third-order valence-corrected chi connectivity index (χ3v) is 8.18. The Bertz CT molecular complexity index is 899. The van der Waals surface area contributed by atoms with Crippen LogP contribution in [0.5, 0.6) is 0 Å². The molecule has 180 valence electrons. The van der Waals surface area contributed by atoms with Gasteiger partial charge in [0.2, 0.25) is 0 Å². The van der Waals surface area contributed by atoms with Crippen LogP contribution in [0.4, 0.5) is 17.6 Å². The van der Waals surface area contributed by atoms with Gasteiger partial charge in [0.15, 0.2) is 0 Å². The molecule has 4 atom stereocenters. The first-order chi connectivity index (χ1) is 15.8. The SMILES string of the molecule is CCCCCCC1CCC2CC(c3ccc(-c4ccc(C(F)(F)F)cc4)c(F)c3)CCC2C1. The highest BCUT2D eigenvalue weighted by Crippen LogP contribution is 2.48. The van der Waals surface area contributed by atoms with E-state index in [0.717, 1.165) is 48.3 Å². The molecule has 0 aliphatic heterocycles. The third kappa shape index (κ3) is 6.00. The Morgan fingerprint density at radius 3 is 2.24 bits per heavy atom. The molecular weight excluding hydrogens is 424 g/mol. The second kappa shape index (κ2) is 10.6. The maximum atomic E-state index is 15.0. The predicted octanol–water partition coefficient (Wildman–Crippen LogP) is 9.78. The van der Waals surface area contributed by atoms with Gasteiger partial charge in [-0.1, -0.05) is 69.7 Å². The lowest BCUT2D eigenvalue weighted by Crippen LogP contribution is -2.30. The van der Waals surface area contributed by atoms with Crippen LogP contribution in [0.2, 0.25) is 0 Å². The van der Waals surface area contributed by atoms with E-state index in [-0.39, 0.29) is 5.82 Å². The zero-order valence-electron chi connectivity index (χ0n) is 19.6. The first-order valence-corrected chi connectivity index (χ1v) is 12.8. The average molecular weight is 461 g/mol. The molecule has 0 radical (unpaired) electrons. The van der Waals surface area contributed by atoms with Crippen molar-refractivity contribution in [2.75, 3.05) is 0 Å². The Hall–Kier alpha value is -1.84. The van der Waals surface area contributed by atoms with Crippen molar-refractivity contribution in [3.05, 3.63) is 59.4 Å². The fourth-order valence-electron chi connectivity index (χ4n) is 6.27. The summed E-state index contributed by atoms with van der Waals surface area (Å²) in [5.41, 5.74) is 1.18. The summed E-state index contributed by atoms with van der Waals surface area (Å²) in [5.74, 6) is 2.55. The number of halogens is 4. The molecule has 2 aromatic carbocycles. The number of alkyl halides is 3. The molecule has 2 aromatic rings. The number of hydrogen-bond acceptors (Lipinski definition) is 0. The monoisotopic (exact) mass is 460 g/mol. The summed E-state index contributed by atoms with van der Waals surface area (Å²) in [6.45, 7) is 2.26. The Morgan fingerprint density at radius 1 is 0.818 bits per heavy atom. The maximum Gasteiger partial charge on any atom is 0.416 e. The number of unbranched alkanes of at least 4 members (excludes halogenated alkanes) is 3. The van der Waals surface area contributed by atoms with Crippen LogP contribution in [-0.4, -0.2) is 0 Å². The van der Waals surface area contributed by atoms with Gasteiger partial charge in [0.1, 0.15) is 5.82 Å². The summed E-state index contributed by atoms with van der Waals surface area (Å²) in [6.07, 6.45) is 9.95.